The molecular formula is C6H4BF3. The van der Waals surface area contributed by atoms with Gasteiger partial charge >= 0.3 is 55.9 Å². The van der Waals surface area contributed by atoms with E-state index in [1.165, 1.54) is 12.0 Å². The quantitative estimate of drug-likeness (QED) is 0.522. The van der Waals surface area contributed by atoms with Gasteiger partial charge in [-0.2, -0.15) is 0 Å². The van der Waals surface area contributed by atoms with Gasteiger partial charge in [-0.1, -0.05) is 0 Å². The fourth-order valence-corrected chi connectivity index (χ4v) is 0.627. The molecule has 0 aliphatic carbocycles. The standard InChI is InChI=1S/C6H4BF3/c8-6(9,10)5-3-1-2-4-7-5/h1-4H. The van der Waals surface area contributed by atoms with Crippen molar-refractivity contribution in [3.8, 4) is 0 Å². The summed E-state index contributed by atoms with van der Waals surface area (Å²) < 4.78 is 35.4. The Balaban J connectivity index is 2.97. The van der Waals surface area contributed by atoms with Gasteiger partial charge in [0.2, 0.25) is 0 Å². The average molecular weight is 144 g/mol. The van der Waals surface area contributed by atoms with E-state index < -0.39 is 11.6 Å². The van der Waals surface area contributed by atoms with E-state index in [0.717, 1.165) is 13.0 Å². The molecule has 0 nitrogen and oxygen atoms in total. The summed E-state index contributed by atoms with van der Waals surface area (Å²) in [4.78, 5) is 0. The van der Waals surface area contributed by atoms with Crippen molar-refractivity contribution in [1.82, 2.24) is 0 Å². The molecule has 1 aromatic rings. The van der Waals surface area contributed by atoms with Crippen molar-refractivity contribution in [2.24, 2.45) is 0 Å². The predicted octanol–water partition coefficient (Wildman–Crippen LogP) is 2.04. The summed E-state index contributed by atoms with van der Waals surface area (Å²) in [5.74, 6) is 1.36. The summed E-state index contributed by atoms with van der Waals surface area (Å²) in [5, 5.41) is 0. The molecule has 0 aromatic carbocycles. The molecule has 0 N–H and O–H groups in total. The van der Waals surface area contributed by atoms with Crippen LogP contribution in [0.4, 0.5) is 13.2 Å². The van der Waals surface area contributed by atoms with E-state index >= 15 is 0 Å². The molecule has 0 aliphatic heterocycles. The van der Waals surface area contributed by atoms with Crippen molar-refractivity contribution in [2.75, 3.05) is 0 Å². The summed E-state index contributed by atoms with van der Waals surface area (Å²) in [6, 6.07) is 3.96. The third-order valence-electron chi connectivity index (χ3n) is 1.10. The Hall–Kier alpha value is -0.795. The first-order valence-electron chi connectivity index (χ1n) is 2.73. The summed E-state index contributed by atoms with van der Waals surface area (Å²) in [5.41, 5.74) is -0.602. The van der Waals surface area contributed by atoms with E-state index in [-0.39, 0.29) is 0 Å². The normalized spacial score (nSPS) is 11.1. The predicted molar refractivity (Wildman–Crippen MR) is 32.8 cm³/mol. The number of rotatable bonds is 0. The SMILES string of the molecule is FC(F)(F)c1bcccc1. The number of hydrogen-bond acceptors (Lipinski definition) is 0. The van der Waals surface area contributed by atoms with Crippen molar-refractivity contribution in [3.05, 3.63) is 29.6 Å². The van der Waals surface area contributed by atoms with Gasteiger partial charge in [0.05, 0.1) is 0 Å². The fourth-order valence-electron chi connectivity index (χ4n) is 0.627. The summed E-state index contributed by atoms with van der Waals surface area (Å²) in [6.07, 6.45) is -4.21. The first kappa shape index (κ1) is 7.31. The molecule has 0 aliphatic rings. The van der Waals surface area contributed by atoms with Crippen LogP contribution in [-0.4, -0.2) is 6.91 Å². The van der Waals surface area contributed by atoms with Crippen molar-refractivity contribution in [2.45, 2.75) is 6.18 Å². The second-order valence-electron chi connectivity index (χ2n) is 1.86. The second-order valence-corrected chi connectivity index (χ2v) is 1.86. The zero-order valence-electron chi connectivity index (χ0n) is 5.02. The molecule has 10 heavy (non-hydrogen) atoms. The van der Waals surface area contributed by atoms with Gasteiger partial charge in [-0.25, -0.2) is 0 Å². The van der Waals surface area contributed by atoms with Crippen molar-refractivity contribution in [1.29, 1.82) is 0 Å². The third kappa shape index (κ3) is 1.59. The van der Waals surface area contributed by atoms with Gasteiger partial charge in [0.1, 0.15) is 0 Å². The van der Waals surface area contributed by atoms with Crippen LogP contribution in [0.15, 0.2) is 24.2 Å². The fraction of sp³-hybridized carbons (Fsp3) is 0.167. The molecule has 0 radical (unpaired) electrons. The topological polar surface area (TPSA) is 0 Å². The Labute approximate surface area is 56.9 Å². The molecule has 1 aromatic heterocycles. The average Bonchev–Trinajstić information content (AvgIpc) is 1.88. The van der Waals surface area contributed by atoms with E-state index in [1.807, 2.05) is 0 Å². The zero-order chi connectivity index (χ0) is 7.61. The molecule has 0 saturated carbocycles. The molecule has 0 bridgehead atoms. The Morgan fingerprint density at radius 3 is 2.20 bits per heavy atom. The molecule has 0 fully saturated rings. The van der Waals surface area contributed by atoms with Gasteiger partial charge in [-0.3, -0.25) is 0 Å². The molecule has 0 saturated heterocycles. The molecule has 0 atom stereocenters. The molecule has 0 spiro atoms. The maximum atomic E-state index is 11.8. The van der Waals surface area contributed by atoms with Crippen molar-refractivity contribution in [3.63, 3.8) is 0 Å². The van der Waals surface area contributed by atoms with Crippen molar-refractivity contribution < 1.29 is 13.2 Å². The number of alkyl halides is 3. The van der Waals surface area contributed by atoms with Crippen LogP contribution in [0, 0.1) is 0 Å². The Kier molecular flexibility index (Phi) is 1.79. The molecule has 1 heterocycles. The molecule has 0 unspecified atom stereocenters. The van der Waals surface area contributed by atoms with E-state index in [0.29, 0.717) is 0 Å². The maximum absolute atomic E-state index is 11.8. The number of halogens is 3. The first-order chi connectivity index (χ1) is 4.61. The zero-order valence-corrected chi connectivity index (χ0v) is 5.02. The minimum absolute atomic E-state index is 0.602. The van der Waals surface area contributed by atoms with Crippen LogP contribution < -0.4 is 0 Å². The van der Waals surface area contributed by atoms with Crippen LogP contribution >= 0.6 is 0 Å². The van der Waals surface area contributed by atoms with Crippen LogP contribution in [0.3, 0.4) is 0 Å². The third-order valence-corrected chi connectivity index (χ3v) is 1.10. The van der Waals surface area contributed by atoms with E-state index in [2.05, 4.69) is 0 Å². The minimum atomic E-state index is -4.21. The van der Waals surface area contributed by atoms with E-state index in [4.69, 9.17) is 0 Å². The van der Waals surface area contributed by atoms with Crippen LogP contribution in [0.5, 0.6) is 0 Å². The van der Waals surface area contributed by atoms with Gasteiger partial charge in [0.25, 0.3) is 0 Å². The number of hydrogen-bond donors (Lipinski definition) is 0. The molecule has 1 rings (SSSR count). The Morgan fingerprint density at radius 2 is 1.90 bits per heavy atom. The molecule has 4 heteroatoms. The Bertz CT molecular complexity index is 204. The summed E-state index contributed by atoms with van der Waals surface area (Å²) in [6.45, 7) is 1.04. The van der Waals surface area contributed by atoms with E-state index in [9.17, 15) is 13.2 Å². The monoisotopic (exact) mass is 144 g/mol. The summed E-state index contributed by atoms with van der Waals surface area (Å²) >= 11 is 0. The van der Waals surface area contributed by atoms with Gasteiger partial charge < -0.3 is 0 Å². The molecular weight excluding hydrogens is 140 g/mol. The Morgan fingerprint density at radius 1 is 1.20 bits per heavy atom. The molecule has 52 valence electrons. The summed E-state index contributed by atoms with van der Waals surface area (Å²) in [7, 11) is 0. The second kappa shape index (κ2) is 2.44. The van der Waals surface area contributed by atoms with Crippen LogP contribution in [-0.2, 0) is 6.18 Å². The van der Waals surface area contributed by atoms with Crippen LogP contribution in [0.2, 0.25) is 0 Å². The van der Waals surface area contributed by atoms with Crippen LogP contribution in [0.1, 0.15) is 5.46 Å². The van der Waals surface area contributed by atoms with Gasteiger partial charge in [0.15, 0.2) is 0 Å². The van der Waals surface area contributed by atoms with E-state index in [1.54, 1.807) is 6.07 Å². The van der Waals surface area contributed by atoms with Gasteiger partial charge in [0, 0.05) is 0 Å². The van der Waals surface area contributed by atoms with Crippen molar-refractivity contribution >= 4 is 6.91 Å². The molecule has 0 amide bonds. The van der Waals surface area contributed by atoms with Crippen LogP contribution in [0.25, 0.3) is 0 Å². The first-order valence-corrected chi connectivity index (χ1v) is 2.73. The van der Waals surface area contributed by atoms with Gasteiger partial charge in [-0.15, -0.1) is 0 Å². The van der Waals surface area contributed by atoms with Gasteiger partial charge in [-0.05, 0) is 0 Å².